The minimum atomic E-state index is -0.571. The van der Waals surface area contributed by atoms with E-state index in [0.29, 0.717) is 18.9 Å². The number of nitrogens with one attached hydrogen (secondary N) is 3. The summed E-state index contributed by atoms with van der Waals surface area (Å²) in [7, 11) is 0. The zero-order chi connectivity index (χ0) is 12.8. The van der Waals surface area contributed by atoms with E-state index in [9.17, 15) is 14.4 Å². The van der Waals surface area contributed by atoms with E-state index < -0.39 is 12.1 Å². The molecule has 4 amide bonds. The molecule has 1 unspecified atom stereocenters. The first kappa shape index (κ1) is 13.5. The third-order valence-electron chi connectivity index (χ3n) is 2.56. The molecule has 1 saturated heterocycles. The largest absolute Gasteiger partial charge is 0.356 e. The summed E-state index contributed by atoms with van der Waals surface area (Å²) in [6.07, 6.45) is 1.52. The highest BCUT2D eigenvalue weighted by Gasteiger charge is 2.29. The number of rotatable bonds is 6. The SMILES string of the molecule is CC(C)CCNC(=O)CCC1NC(=O)NC1=O. The van der Waals surface area contributed by atoms with Crippen molar-refractivity contribution in [1.29, 1.82) is 0 Å². The number of imide groups is 1. The highest BCUT2D eigenvalue weighted by atomic mass is 16.2. The van der Waals surface area contributed by atoms with Crippen LogP contribution in [0.1, 0.15) is 33.1 Å². The van der Waals surface area contributed by atoms with Crippen molar-refractivity contribution in [2.75, 3.05) is 6.54 Å². The Kier molecular flexibility index (Phi) is 4.93. The lowest BCUT2D eigenvalue weighted by Crippen LogP contribution is -2.32. The summed E-state index contributed by atoms with van der Waals surface area (Å²) in [5.41, 5.74) is 0. The second kappa shape index (κ2) is 6.22. The van der Waals surface area contributed by atoms with E-state index in [0.717, 1.165) is 6.42 Å². The van der Waals surface area contributed by atoms with Crippen molar-refractivity contribution in [3.8, 4) is 0 Å². The number of hydrogen-bond donors (Lipinski definition) is 3. The summed E-state index contributed by atoms with van der Waals surface area (Å²) in [6, 6.07) is -1.06. The molecular formula is C11H19N3O3. The van der Waals surface area contributed by atoms with Crippen LogP contribution in [0.25, 0.3) is 0 Å². The van der Waals surface area contributed by atoms with E-state index in [1.165, 1.54) is 0 Å². The van der Waals surface area contributed by atoms with Crippen molar-refractivity contribution >= 4 is 17.8 Å². The maximum Gasteiger partial charge on any atom is 0.322 e. The average Bonchev–Trinajstić information content (AvgIpc) is 2.54. The highest BCUT2D eigenvalue weighted by Crippen LogP contribution is 2.03. The Hall–Kier alpha value is -1.59. The standard InChI is InChI=1S/C11H19N3O3/c1-7(2)5-6-12-9(15)4-3-8-10(16)14-11(17)13-8/h7-8H,3-6H2,1-2H3,(H,12,15)(H2,13,14,16,17). The van der Waals surface area contributed by atoms with Crippen LogP contribution in [0.4, 0.5) is 4.79 Å². The number of carbonyl (C=O) groups is 3. The monoisotopic (exact) mass is 241 g/mol. The molecule has 1 aliphatic heterocycles. The first-order valence-electron chi connectivity index (χ1n) is 5.87. The van der Waals surface area contributed by atoms with Gasteiger partial charge in [-0.1, -0.05) is 13.8 Å². The molecule has 1 rings (SSSR count). The Morgan fingerprint density at radius 1 is 1.41 bits per heavy atom. The Morgan fingerprint density at radius 3 is 2.65 bits per heavy atom. The van der Waals surface area contributed by atoms with Crippen LogP contribution in [-0.4, -0.2) is 30.4 Å². The van der Waals surface area contributed by atoms with Crippen LogP contribution < -0.4 is 16.0 Å². The van der Waals surface area contributed by atoms with Gasteiger partial charge in [-0.25, -0.2) is 4.79 Å². The van der Waals surface area contributed by atoms with E-state index in [1.54, 1.807) is 0 Å². The molecule has 6 heteroatoms. The lowest BCUT2D eigenvalue weighted by Gasteiger charge is -2.09. The molecule has 0 aromatic rings. The number of amides is 4. The second-order valence-electron chi connectivity index (χ2n) is 4.59. The van der Waals surface area contributed by atoms with E-state index in [-0.39, 0.29) is 18.2 Å². The maximum absolute atomic E-state index is 11.4. The number of hydrogen-bond acceptors (Lipinski definition) is 3. The third kappa shape index (κ3) is 4.84. The van der Waals surface area contributed by atoms with Crippen molar-refractivity contribution in [1.82, 2.24) is 16.0 Å². The molecule has 1 aliphatic rings. The van der Waals surface area contributed by atoms with E-state index in [4.69, 9.17) is 0 Å². The van der Waals surface area contributed by atoms with Crippen LogP contribution in [0.15, 0.2) is 0 Å². The van der Waals surface area contributed by atoms with Gasteiger partial charge in [0.15, 0.2) is 0 Å². The third-order valence-corrected chi connectivity index (χ3v) is 2.56. The van der Waals surface area contributed by atoms with Gasteiger partial charge in [0, 0.05) is 13.0 Å². The minimum absolute atomic E-state index is 0.0837. The zero-order valence-corrected chi connectivity index (χ0v) is 10.2. The van der Waals surface area contributed by atoms with Gasteiger partial charge in [0.1, 0.15) is 6.04 Å². The maximum atomic E-state index is 11.4. The molecule has 17 heavy (non-hydrogen) atoms. The molecule has 96 valence electrons. The van der Waals surface area contributed by atoms with Crippen LogP contribution >= 0.6 is 0 Å². The molecule has 0 radical (unpaired) electrons. The van der Waals surface area contributed by atoms with Crippen molar-refractivity contribution < 1.29 is 14.4 Å². The molecule has 0 spiro atoms. The molecule has 0 bridgehead atoms. The zero-order valence-electron chi connectivity index (χ0n) is 10.2. The fraction of sp³-hybridized carbons (Fsp3) is 0.727. The van der Waals surface area contributed by atoms with Gasteiger partial charge in [0.25, 0.3) is 5.91 Å². The van der Waals surface area contributed by atoms with Crippen LogP contribution in [0.5, 0.6) is 0 Å². The van der Waals surface area contributed by atoms with Crippen molar-refractivity contribution in [3.63, 3.8) is 0 Å². The van der Waals surface area contributed by atoms with E-state index in [2.05, 4.69) is 29.8 Å². The van der Waals surface area contributed by atoms with Crippen LogP contribution in [-0.2, 0) is 9.59 Å². The molecule has 3 N–H and O–H groups in total. The topological polar surface area (TPSA) is 87.3 Å². The molecule has 0 aliphatic carbocycles. The van der Waals surface area contributed by atoms with Crippen molar-refractivity contribution in [2.24, 2.45) is 5.92 Å². The summed E-state index contributed by atoms with van der Waals surface area (Å²) in [5.74, 6) is 0.111. The molecule has 0 aromatic heterocycles. The molecule has 0 aromatic carbocycles. The predicted octanol–water partition coefficient (Wildman–Crippen LogP) is 0.137. The lowest BCUT2D eigenvalue weighted by molar-refractivity contribution is -0.122. The van der Waals surface area contributed by atoms with Gasteiger partial charge in [0.2, 0.25) is 5.91 Å². The smallest absolute Gasteiger partial charge is 0.322 e. The lowest BCUT2D eigenvalue weighted by atomic mass is 10.1. The van der Waals surface area contributed by atoms with Crippen LogP contribution in [0, 0.1) is 5.92 Å². The summed E-state index contributed by atoms with van der Waals surface area (Å²) in [6.45, 7) is 4.83. The summed E-state index contributed by atoms with van der Waals surface area (Å²) in [5, 5.41) is 7.36. The first-order valence-corrected chi connectivity index (χ1v) is 5.87. The first-order chi connectivity index (χ1) is 7.99. The van der Waals surface area contributed by atoms with Gasteiger partial charge in [-0.3, -0.25) is 14.9 Å². The van der Waals surface area contributed by atoms with Gasteiger partial charge in [0.05, 0.1) is 0 Å². The Bertz CT molecular complexity index is 315. The van der Waals surface area contributed by atoms with E-state index >= 15 is 0 Å². The average molecular weight is 241 g/mol. The van der Waals surface area contributed by atoms with Crippen molar-refractivity contribution in [2.45, 2.75) is 39.2 Å². The summed E-state index contributed by atoms with van der Waals surface area (Å²) in [4.78, 5) is 33.4. The molecular weight excluding hydrogens is 222 g/mol. The molecule has 1 atom stereocenters. The highest BCUT2D eigenvalue weighted by molar-refractivity contribution is 6.04. The molecule has 6 nitrogen and oxygen atoms in total. The van der Waals surface area contributed by atoms with Gasteiger partial charge in [-0.15, -0.1) is 0 Å². The summed E-state index contributed by atoms with van der Waals surface area (Å²) >= 11 is 0. The fourth-order valence-corrected chi connectivity index (χ4v) is 1.53. The predicted molar refractivity (Wildman–Crippen MR) is 62.2 cm³/mol. The molecule has 1 heterocycles. The molecule has 1 fully saturated rings. The van der Waals surface area contributed by atoms with Crippen molar-refractivity contribution in [3.05, 3.63) is 0 Å². The van der Waals surface area contributed by atoms with Gasteiger partial charge < -0.3 is 10.6 Å². The Balaban J connectivity index is 2.15. The Morgan fingerprint density at radius 2 is 2.12 bits per heavy atom. The quantitative estimate of drug-likeness (QED) is 0.578. The number of urea groups is 1. The van der Waals surface area contributed by atoms with Crippen LogP contribution in [0.2, 0.25) is 0 Å². The minimum Gasteiger partial charge on any atom is -0.356 e. The van der Waals surface area contributed by atoms with Crippen LogP contribution in [0.3, 0.4) is 0 Å². The normalized spacial score (nSPS) is 19.1. The molecule has 0 saturated carbocycles. The number of carbonyl (C=O) groups excluding carboxylic acids is 3. The van der Waals surface area contributed by atoms with E-state index in [1.807, 2.05) is 0 Å². The van der Waals surface area contributed by atoms with Gasteiger partial charge >= 0.3 is 6.03 Å². The van der Waals surface area contributed by atoms with Gasteiger partial charge in [-0.05, 0) is 18.8 Å². The summed E-state index contributed by atoms with van der Waals surface area (Å²) < 4.78 is 0. The van der Waals surface area contributed by atoms with Gasteiger partial charge in [-0.2, -0.15) is 0 Å². The second-order valence-corrected chi connectivity index (χ2v) is 4.59. The Labute approximate surface area is 101 Å². The fourth-order valence-electron chi connectivity index (χ4n) is 1.53.